The fraction of sp³-hybridized carbons (Fsp3) is 0.750. The summed E-state index contributed by atoms with van der Waals surface area (Å²) >= 11 is 1.88. The third kappa shape index (κ3) is 0.744. The first kappa shape index (κ1) is 4.19. The molecule has 6 heavy (non-hydrogen) atoms. The van der Waals surface area contributed by atoms with Gasteiger partial charge in [-0.05, 0) is 6.92 Å². The standard InChI is InChI=1S/C4H7NS/c1-4-2-6-3-5-4/h2-3H2,1H3. The Morgan fingerprint density at radius 2 is 2.67 bits per heavy atom. The highest BCUT2D eigenvalue weighted by molar-refractivity contribution is 8.00. The lowest BCUT2D eigenvalue weighted by molar-refractivity contribution is 1.39. The van der Waals surface area contributed by atoms with Gasteiger partial charge in [0.1, 0.15) is 0 Å². The lowest BCUT2D eigenvalue weighted by Crippen LogP contribution is -1.84. The molecule has 0 aromatic rings. The zero-order chi connectivity index (χ0) is 4.41. The van der Waals surface area contributed by atoms with Crippen molar-refractivity contribution in [3.63, 3.8) is 0 Å². The second-order valence-electron chi connectivity index (χ2n) is 1.37. The van der Waals surface area contributed by atoms with Gasteiger partial charge < -0.3 is 0 Å². The molecule has 0 aromatic carbocycles. The first-order chi connectivity index (χ1) is 2.89. The summed E-state index contributed by atoms with van der Waals surface area (Å²) in [7, 11) is 0. The van der Waals surface area contributed by atoms with Crippen molar-refractivity contribution in [2.24, 2.45) is 4.99 Å². The third-order valence-electron chi connectivity index (χ3n) is 0.737. The first-order valence-corrected chi connectivity index (χ1v) is 3.13. The van der Waals surface area contributed by atoms with Crippen molar-refractivity contribution in [2.75, 3.05) is 11.6 Å². The van der Waals surface area contributed by atoms with Crippen molar-refractivity contribution in [2.45, 2.75) is 6.92 Å². The quantitative estimate of drug-likeness (QED) is 0.446. The van der Waals surface area contributed by atoms with Crippen LogP contribution >= 0.6 is 11.8 Å². The molecule has 34 valence electrons. The van der Waals surface area contributed by atoms with E-state index in [1.807, 2.05) is 11.8 Å². The van der Waals surface area contributed by atoms with Crippen LogP contribution in [0.4, 0.5) is 0 Å². The molecule has 0 aromatic heterocycles. The molecule has 0 unspecified atom stereocenters. The Bertz CT molecular complexity index is 77.6. The molecular formula is C4H7NS. The maximum Gasteiger partial charge on any atom is 0.0847 e. The van der Waals surface area contributed by atoms with Crippen LogP contribution in [0.2, 0.25) is 0 Å². The van der Waals surface area contributed by atoms with Crippen LogP contribution in [-0.2, 0) is 0 Å². The van der Waals surface area contributed by atoms with Crippen LogP contribution < -0.4 is 0 Å². The molecule has 0 bridgehead atoms. The van der Waals surface area contributed by atoms with E-state index >= 15 is 0 Å². The SMILES string of the molecule is CC1=NCSC1. The van der Waals surface area contributed by atoms with Gasteiger partial charge in [-0.3, -0.25) is 4.99 Å². The van der Waals surface area contributed by atoms with Gasteiger partial charge >= 0.3 is 0 Å². The van der Waals surface area contributed by atoms with Crippen LogP contribution in [0, 0.1) is 0 Å². The lowest BCUT2D eigenvalue weighted by Gasteiger charge is -1.76. The maximum absolute atomic E-state index is 4.12. The topological polar surface area (TPSA) is 12.4 Å². The van der Waals surface area contributed by atoms with E-state index in [-0.39, 0.29) is 0 Å². The predicted octanol–water partition coefficient (Wildman–Crippen LogP) is 1.15. The van der Waals surface area contributed by atoms with Crippen LogP contribution in [0.5, 0.6) is 0 Å². The predicted molar refractivity (Wildman–Crippen MR) is 30.4 cm³/mol. The van der Waals surface area contributed by atoms with E-state index in [1.54, 1.807) is 0 Å². The van der Waals surface area contributed by atoms with E-state index in [0.29, 0.717) is 0 Å². The van der Waals surface area contributed by atoms with Crippen molar-refractivity contribution >= 4 is 17.5 Å². The highest BCUT2D eigenvalue weighted by Gasteiger charge is 1.96. The fourth-order valence-corrected chi connectivity index (χ4v) is 1.18. The minimum atomic E-state index is 0.992. The lowest BCUT2D eigenvalue weighted by atomic mass is 10.5. The zero-order valence-corrected chi connectivity index (χ0v) is 4.59. The average Bonchev–Trinajstić information content (AvgIpc) is 1.86. The summed E-state index contributed by atoms with van der Waals surface area (Å²) in [5.74, 6) is 2.14. The van der Waals surface area contributed by atoms with E-state index < -0.39 is 0 Å². The Labute approximate surface area is 41.8 Å². The Balaban J connectivity index is 2.45. The van der Waals surface area contributed by atoms with Crippen molar-refractivity contribution in [1.82, 2.24) is 0 Å². The number of hydrogen-bond acceptors (Lipinski definition) is 2. The molecular weight excluding hydrogens is 94.1 g/mol. The van der Waals surface area contributed by atoms with Gasteiger partial charge in [-0.15, -0.1) is 11.8 Å². The van der Waals surface area contributed by atoms with Gasteiger partial charge in [0.05, 0.1) is 5.88 Å². The molecule has 1 aliphatic heterocycles. The third-order valence-corrected chi connectivity index (χ3v) is 1.67. The summed E-state index contributed by atoms with van der Waals surface area (Å²) in [6.07, 6.45) is 0. The van der Waals surface area contributed by atoms with E-state index in [0.717, 1.165) is 11.6 Å². The number of nitrogens with zero attached hydrogens (tertiary/aromatic N) is 1. The minimum Gasteiger partial charge on any atom is -0.283 e. The van der Waals surface area contributed by atoms with Crippen LogP contribution in [0.1, 0.15) is 6.92 Å². The summed E-state index contributed by atoms with van der Waals surface area (Å²) in [5.41, 5.74) is 1.29. The van der Waals surface area contributed by atoms with Gasteiger partial charge in [0.15, 0.2) is 0 Å². The summed E-state index contributed by atoms with van der Waals surface area (Å²) in [5, 5.41) is 0. The number of aliphatic imine (C=N–C) groups is 1. The number of rotatable bonds is 0. The Morgan fingerprint density at radius 1 is 1.83 bits per heavy atom. The van der Waals surface area contributed by atoms with E-state index in [2.05, 4.69) is 11.9 Å². The summed E-state index contributed by atoms with van der Waals surface area (Å²) < 4.78 is 0. The molecule has 1 nitrogen and oxygen atoms in total. The summed E-state index contributed by atoms with van der Waals surface area (Å²) in [4.78, 5) is 4.12. The molecule has 0 spiro atoms. The monoisotopic (exact) mass is 101 g/mol. The highest BCUT2D eigenvalue weighted by atomic mass is 32.2. The van der Waals surface area contributed by atoms with Crippen LogP contribution in [-0.4, -0.2) is 17.3 Å². The van der Waals surface area contributed by atoms with Gasteiger partial charge in [-0.2, -0.15) is 0 Å². The molecule has 1 heterocycles. The van der Waals surface area contributed by atoms with Gasteiger partial charge in [-0.25, -0.2) is 0 Å². The minimum absolute atomic E-state index is 0.992. The van der Waals surface area contributed by atoms with Gasteiger partial charge in [0.2, 0.25) is 0 Å². The van der Waals surface area contributed by atoms with Crippen molar-refractivity contribution < 1.29 is 0 Å². The fourth-order valence-electron chi connectivity index (χ4n) is 0.395. The average molecular weight is 101 g/mol. The zero-order valence-electron chi connectivity index (χ0n) is 3.77. The molecule has 0 saturated heterocycles. The summed E-state index contributed by atoms with van der Waals surface area (Å²) in [6, 6.07) is 0. The van der Waals surface area contributed by atoms with Gasteiger partial charge in [0.25, 0.3) is 0 Å². The smallest absolute Gasteiger partial charge is 0.0847 e. The molecule has 1 rings (SSSR count). The molecule has 2 heteroatoms. The van der Waals surface area contributed by atoms with E-state index in [9.17, 15) is 0 Å². The highest BCUT2D eigenvalue weighted by Crippen LogP contribution is 2.07. The second-order valence-corrected chi connectivity index (χ2v) is 2.33. The van der Waals surface area contributed by atoms with Crippen LogP contribution in [0.25, 0.3) is 0 Å². The Kier molecular flexibility index (Phi) is 1.15. The second kappa shape index (κ2) is 1.65. The molecule has 0 saturated carbocycles. The molecule has 0 N–H and O–H groups in total. The van der Waals surface area contributed by atoms with Crippen molar-refractivity contribution in [3.05, 3.63) is 0 Å². The molecule has 1 aliphatic rings. The maximum atomic E-state index is 4.12. The molecule has 0 atom stereocenters. The molecule has 0 radical (unpaired) electrons. The van der Waals surface area contributed by atoms with Crippen LogP contribution in [0.15, 0.2) is 4.99 Å². The normalized spacial score (nSPS) is 21.2. The van der Waals surface area contributed by atoms with Crippen molar-refractivity contribution in [1.29, 1.82) is 0 Å². The van der Waals surface area contributed by atoms with E-state index in [1.165, 1.54) is 5.71 Å². The van der Waals surface area contributed by atoms with E-state index in [4.69, 9.17) is 0 Å². The Morgan fingerprint density at radius 3 is 2.83 bits per heavy atom. The molecule has 0 aliphatic carbocycles. The van der Waals surface area contributed by atoms with Gasteiger partial charge in [-0.1, -0.05) is 0 Å². The molecule has 0 fully saturated rings. The largest absolute Gasteiger partial charge is 0.283 e. The van der Waals surface area contributed by atoms with Crippen molar-refractivity contribution in [3.8, 4) is 0 Å². The number of thioether (sulfide) groups is 1. The summed E-state index contributed by atoms with van der Waals surface area (Å²) in [6.45, 7) is 2.07. The molecule has 0 amide bonds. The number of hydrogen-bond donors (Lipinski definition) is 0. The Hall–Kier alpha value is 0.0200. The van der Waals surface area contributed by atoms with Crippen LogP contribution in [0.3, 0.4) is 0 Å². The first-order valence-electron chi connectivity index (χ1n) is 1.97. The van der Waals surface area contributed by atoms with Gasteiger partial charge in [0, 0.05) is 11.5 Å².